The van der Waals surface area contributed by atoms with Gasteiger partial charge in [-0.1, -0.05) is 0 Å². The molecule has 1 atom stereocenters. The summed E-state index contributed by atoms with van der Waals surface area (Å²) < 4.78 is 71.5. The number of anilines is 1. The van der Waals surface area contributed by atoms with Crippen LogP contribution in [0.15, 0.2) is 30.3 Å². The Kier molecular flexibility index (Phi) is 7.48. The maximum Gasteiger partial charge on any atom is 0.249 e. The van der Waals surface area contributed by atoms with Gasteiger partial charge in [0.2, 0.25) is 17.6 Å². The molecule has 0 aromatic heterocycles. The Bertz CT molecular complexity index is 951. The van der Waals surface area contributed by atoms with Gasteiger partial charge in [-0.3, -0.25) is 9.59 Å². The van der Waals surface area contributed by atoms with Gasteiger partial charge in [-0.15, -0.1) is 0 Å². The Labute approximate surface area is 167 Å². The molecule has 30 heavy (non-hydrogen) atoms. The maximum atomic E-state index is 13.6. The van der Waals surface area contributed by atoms with Crippen molar-refractivity contribution >= 4 is 23.6 Å². The van der Waals surface area contributed by atoms with E-state index < -0.39 is 59.1 Å². The number of ether oxygens (including phenoxy) is 1. The minimum Gasteiger partial charge on any atom is -0.497 e. The Morgan fingerprint density at radius 3 is 2.03 bits per heavy atom. The van der Waals surface area contributed by atoms with Gasteiger partial charge in [0.05, 0.1) is 19.3 Å². The fourth-order valence-corrected chi connectivity index (χ4v) is 2.24. The molecule has 0 fully saturated rings. The van der Waals surface area contributed by atoms with Gasteiger partial charge in [-0.2, -0.15) is 0 Å². The normalized spacial score (nSPS) is 12.0. The van der Waals surface area contributed by atoms with E-state index in [1.54, 1.807) is 12.1 Å². The van der Waals surface area contributed by atoms with Gasteiger partial charge < -0.3 is 20.5 Å². The Morgan fingerprint density at radius 2 is 1.53 bits per heavy atom. The molecule has 0 unspecified atom stereocenters. The average Bonchev–Trinajstić information content (AvgIpc) is 2.75. The van der Waals surface area contributed by atoms with Crippen molar-refractivity contribution < 1.29 is 41.4 Å². The van der Waals surface area contributed by atoms with Crippen molar-refractivity contribution in [2.45, 2.75) is 6.04 Å². The van der Waals surface area contributed by atoms with Crippen LogP contribution in [0.25, 0.3) is 6.08 Å². The number of rotatable bonds is 7. The van der Waals surface area contributed by atoms with Crippen molar-refractivity contribution in [1.29, 1.82) is 0 Å². The predicted molar refractivity (Wildman–Crippen MR) is 95.9 cm³/mol. The third kappa shape index (κ3) is 5.11. The van der Waals surface area contributed by atoms with E-state index in [1.807, 2.05) is 5.32 Å². The first-order valence-electron chi connectivity index (χ1n) is 8.25. The number of nitrogens with one attached hydrogen (secondary N) is 2. The largest absolute Gasteiger partial charge is 0.497 e. The second kappa shape index (κ2) is 9.83. The zero-order chi connectivity index (χ0) is 22.4. The van der Waals surface area contributed by atoms with Gasteiger partial charge in [0.25, 0.3) is 0 Å². The van der Waals surface area contributed by atoms with Crippen molar-refractivity contribution in [2.24, 2.45) is 0 Å². The second-order valence-electron chi connectivity index (χ2n) is 5.78. The summed E-state index contributed by atoms with van der Waals surface area (Å²) in [6.07, 6.45) is 0.822. The molecule has 2 rings (SSSR count). The number of aliphatic hydroxyl groups excluding tert-OH is 1. The summed E-state index contributed by atoms with van der Waals surface area (Å²) in [5.41, 5.74) is -1.00. The molecular formula is C19H15F5N2O4. The molecule has 0 bridgehead atoms. The predicted octanol–water partition coefficient (Wildman–Crippen LogP) is 2.52. The highest BCUT2D eigenvalue weighted by atomic mass is 19.2. The molecule has 0 aliphatic carbocycles. The SMILES string of the molecule is COc1ccc(NC(=O)[C@H](CO)NC(=O)C=Cc2c(F)c(F)c(F)c(F)c2F)cc1. The summed E-state index contributed by atoms with van der Waals surface area (Å²) in [5, 5.41) is 13.8. The number of hydrogen-bond donors (Lipinski definition) is 3. The summed E-state index contributed by atoms with van der Waals surface area (Å²) in [4.78, 5) is 24.0. The third-order valence-corrected chi connectivity index (χ3v) is 3.82. The van der Waals surface area contributed by atoms with Crippen LogP contribution >= 0.6 is 0 Å². The number of halogens is 5. The molecule has 3 N–H and O–H groups in total. The van der Waals surface area contributed by atoms with E-state index in [-0.39, 0.29) is 0 Å². The number of hydrogen-bond acceptors (Lipinski definition) is 4. The first-order chi connectivity index (χ1) is 14.2. The first kappa shape index (κ1) is 22.8. The second-order valence-corrected chi connectivity index (χ2v) is 5.78. The van der Waals surface area contributed by atoms with Crippen molar-refractivity contribution in [3.63, 3.8) is 0 Å². The summed E-state index contributed by atoms with van der Waals surface area (Å²) in [6, 6.07) is 4.64. The lowest BCUT2D eigenvalue weighted by molar-refractivity contribution is -0.124. The van der Waals surface area contributed by atoms with Gasteiger partial charge in [0.15, 0.2) is 23.3 Å². The van der Waals surface area contributed by atoms with E-state index in [4.69, 9.17) is 4.74 Å². The minimum absolute atomic E-state index is 0.324. The Hall–Kier alpha value is -3.47. The summed E-state index contributed by atoms with van der Waals surface area (Å²) in [7, 11) is 1.45. The number of amides is 2. The number of carbonyl (C=O) groups excluding carboxylic acids is 2. The van der Waals surface area contributed by atoms with Crippen molar-refractivity contribution in [1.82, 2.24) is 5.32 Å². The summed E-state index contributed by atoms with van der Waals surface area (Å²) >= 11 is 0. The van der Waals surface area contributed by atoms with Crippen molar-refractivity contribution in [2.75, 3.05) is 19.0 Å². The molecule has 11 heteroatoms. The lowest BCUT2D eigenvalue weighted by Gasteiger charge is -2.15. The smallest absolute Gasteiger partial charge is 0.249 e. The molecule has 6 nitrogen and oxygen atoms in total. The van der Waals surface area contributed by atoms with Gasteiger partial charge >= 0.3 is 0 Å². The number of aliphatic hydroxyl groups is 1. The zero-order valence-corrected chi connectivity index (χ0v) is 15.3. The van der Waals surface area contributed by atoms with Gasteiger partial charge in [-0.05, 0) is 30.3 Å². The molecule has 0 aliphatic rings. The third-order valence-electron chi connectivity index (χ3n) is 3.82. The van der Waals surface area contributed by atoms with Crippen molar-refractivity contribution in [3.8, 4) is 5.75 Å². The lowest BCUT2D eigenvalue weighted by atomic mass is 10.1. The molecule has 0 aliphatic heterocycles. The molecule has 2 amide bonds. The van der Waals surface area contributed by atoms with Crippen LogP contribution in [-0.2, 0) is 9.59 Å². The highest BCUT2D eigenvalue weighted by Crippen LogP contribution is 2.24. The molecule has 0 heterocycles. The fourth-order valence-electron chi connectivity index (χ4n) is 2.24. The van der Waals surface area contributed by atoms with Crippen molar-refractivity contribution in [3.05, 3.63) is 65.0 Å². The van der Waals surface area contributed by atoms with Crippen LogP contribution < -0.4 is 15.4 Å². The van der Waals surface area contributed by atoms with Crippen LogP contribution in [0.2, 0.25) is 0 Å². The molecule has 0 saturated heterocycles. The standard InChI is InChI=1S/C19H15F5N2O4/c1-30-10-4-2-9(3-5-10)25-19(29)12(8-27)26-13(28)7-6-11-14(20)16(22)18(24)17(23)15(11)21/h2-7,12,27H,8H2,1H3,(H,25,29)(H,26,28)/t12-/m0/s1. The minimum atomic E-state index is -2.33. The fraction of sp³-hybridized carbons (Fsp3) is 0.158. The quantitative estimate of drug-likeness (QED) is 0.273. The van der Waals surface area contributed by atoms with E-state index in [1.165, 1.54) is 19.2 Å². The molecule has 0 saturated carbocycles. The Balaban J connectivity index is 2.09. The van der Waals surface area contributed by atoms with E-state index >= 15 is 0 Å². The molecule has 0 spiro atoms. The molecular weight excluding hydrogens is 415 g/mol. The van der Waals surface area contributed by atoms with Crippen LogP contribution in [0.4, 0.5) is 27.6 Å². The average molecular weight is 430 g/mol. The number of methoxy groups -OCH3 is 1. The molecule has 2 aromatic rings. The molecule has 2 aromatic carbocycles. The zero-order valence-electron chi connectivity index (χ0n) is 15.3. The van der Waals surface area contributed by atoms with Crippen LogP contribution in [0.5, 0.6) is 5.75 Å². The number of benzene rings is 2. The topological polar surface area (TPSA) is 87.7 Å². The van der Waals surface area contributed by atoms with Crippen LogP contribution in [0, 0.1) is 29.1 Å². The van der Waals surface area contributed by atoms with Gasteiger partial charge in [0.1, 0.15) is 11.8 Å². The van der Waals surface area contributed by atoms with E-state index in [9.17, 15) is 36.6 Å². The van der Waals surface area contributed by atoms with Gasteiger partial charge in [0, 0.05) is 11.8 Å². The van der Waals surface area contributed by atoms with E-state index in [0.717, 1.165) is 0 Å². The van der Waals surface area contributed by atoms with Crippen LogP contribution in [0.1, 0.15) is 5.56 Å². The Morgan fingerprint density at radius 1 is 1.00 bits per heavy atom. The summed E-state index contributed by atoms with van der Waals surface area (Å²) in [5.74, 6) is -12.3. The van der Waals surface area contributed by atoms with E-state index in [0.29, 0.717) is 23.6 Å². The van der Waals surface area contributed by atoms with Crippen LogP contribution in [0.3, 0.4) is 0 Å². The van der Waals surface area contributed by atoms with E-state index in [2.05, 4.69) is 5.32 Å². The first-order valence-corrected chi connectivity index (χ1v) is 8.25. The molecule has 160 valence electrons. The highest BCUT2D eigenvalue weighted by Gasteiger charge is 2.24. The molecule has 0 radical (unpaired) electrons. The lowest BCUT2D eigenvalue weighted by Crippen LogP contribution is -2.45. The van der Waals surface area contributed by atoms with Gasteiger partial charge in [-0.25, -0.2) is 22.0 Å². The van der Waals surface area contributed by atoms with Crippen LogP contribution in [-0.4, -0.2) is 36.7 Å². The summed E-state index contributed by atoms with van der Waals surface area (Å²) in [6.45, 7) is -0.829. The highest BCUT2D eigenvalue weighted by molar-refractivity contribution is 6.00. The number of carbonyl (C=O) groups is 2. The monoisotopic (exact) mass is 430 g/mol. The maximum absolute atomic E-state index is 13.6.